The van der Waals surface area contributed by atoms with E-state index in [4.69, 9.17) is 4.74 Å². The predicted molar refractivity (Wildman–Crippen MR) is 106 cm³/mol. The quantitative estimate of drug-likeness (QED) is 0.576. The molecule has 0 bridgehead atoms. The summed E-state index contributed by atoms with van der Waals surface area (Å²) in [5, 5.41) is 12.5. The third kappa shape index (κ3) is 6.20. The van der Waals surface area contributed by atoms with E-state index in [1.165, 1.54) is 10.9 Å². The van der Waals surface area contributed by atoms with Gasteiger partial charge in [-0.15, -0.1) is 11.3 Å². The van der Waals surface area contributed by atoms with Gasteiger partial charge in [0.15, 0.2) is 0 Å². The maximum atomic E-state index is 12.0. The summed E-state index contributed by atoms with van der Waals surface area (Å²) in [6, 6.07) is 9.32. The zero-order valence-corrected chi connectivity index (χ0v) is 16.2. The summed E-state index contributed by atoms with van der Waals surface area (Å²) in [5.74, 6) is 0.365. The van der Waals surface area contributed by atoms with Gasteiger partial charge in [0, 0.05) is 11.6 Å². The number of nitrogens with zero attached hydrogens (tertiary/aromatic N) is 3. The molecule has 0 saturated carbocycles. The first-order chi connectivity index (χ1) is 13.6. The van der Waals surface area contributed by atoms with Gasteiger partial charge in [-0.2, -0.15) is 5.10 Å². The highest BCUT2D eigenvalue weighted by atomic mass is 32.1. The van der Waals surface area contributed by atoms with E-state index in [0.717, 1.165) is 16.5 Å². The number of carbonyl (C=O) groups excluding carboxylic acids is 2. The lowest BCUT2D eigenvalue weighted by molar-refractivity contribution is -0.122. The Hall–Kier alpha value is -3.20. The molecule has 9 heteroatoms. The molecule has 0 fully saturated rings. The number of amides is 2. The van der Waals surface area contributed by atoms with Crippen LogP contribution in [0.2, 0.25) is 0 Å². The van der Waals surface area contributed by atoms with Gasteiger partial charge in [0.2, 0.25) is 11.8 Å². The van der Waals surface area contributed by atoms with Gasteiger partial charge in [0.1, 0.15) is 12.3 Å². The number of aromatic nitrogens is 3. The molecule has 146 valence electrons. The third-order valence-electron chi connectivity index (χ3n) is 3.70. The predicted octanol–water partition coefficient (Wildman–Crippen LogP) is 2.37. The molecular formula is C19H21N5O3S. The van der Waals surface area contributed by atoms with E-state index < -0.39 is 0 Å². The molecular weight excluding hydrogens is 378 g/mol. The van der Waals surface area contributed by atoms with Crippen molar-refractivity contribution >= 4 is 28.8 Å². The van der Waals surface area contributed by atoms with Gasteiger partial charge >= 0.3 is 0 Å². The number of carbonyl (C=O) groups is 2. The second-order valence-corrected chi connectivity index (χ2v) is 7.08. The first-order valence-corrected chi connectivity index (χ1v) is 9.64. The van der Waals surface area contributed by atoms with Crippen LogP contribution in [0.25, 0.3) is 0 Å². The highest BCUT2D eigenvalue weighted by Crippen LogP contribution is 2.10. The Morgan fingerprint density at radius 3 is 2.79 bits per heavy atom. The van der Waals surface area contributed by atoms with E-state index in [1.54, 1.807) is 17.5 Å². The van der Waals surface area contributed by atoms with Gasteiger partial charge < -0.3 is 15.4 Å². The van der Waals surface area contributed by atoms with Crippen LogP contribution in [0.3, 0.4) is 0 Å². The van der Waals surface area contributed by atoms with Gasteiger partial charge in [0.05, 0.1) is 42.2 Å². The summed E-state index contributed by atoms with van der Waals surface area (Å²) in [6.45, 7) is 2.65. The average Bonchev–Trinajstić information content (AvgIpc) is 3.29. The van der Waals surface area contributed by atoms with Crippen LogP contribution in [0.4, 0.5) is 5.69 Å². The number of para-hydroxylation sites is 1. The molecule has 2 N–H and O–H groups in total. The van der Waals surface area contributed by atoms with E-state index in [1.807, 2.05) is 42.6 Å². The molecule has 0 atom stereocenters. The van der Waals surface area contributed by atoms with Crippen molar-refractivity contribution in [3.05, 3.63) is 58.8 Å². The minimum Gasteiger partial charge on any atom is -0.493 e. The molecule has 2 heterocycles. The molecule has 28 heavy (non-hydrogen) atoms. The molecule has 0 aliphatic heterocycles. The largest absolute Gasteiger partial charge is 0.493 e. The van der Waals surface area contributed by atoms with Crippen LogP contribution in [0.5, 0.6) is 5.75 Å². The van der Waals surface area contributed by atoms with Crippen LogP contribution in [0.15, 0.2) is 48.1 Å². The van der Waals surface area contributed by atoms with E-state index in [0.29, 0.717) is 12.2 Å². The fraction of sp³-hybridized carbons (Fsp3) is 0.263. The molecule has 3 rings (SSSR count). The molecule has 0 aliphatic carbocycles. The number of hydrogen-bond donors (Lipinski definition) is 2. The molecule has 8 nitrogen and oxygen atoms in total. The summed E-state index contributed by atoms with van der Waals surface area (Å²) in [4.78, 5) is 28.3. The summed E-state index contributed by atoms with van der Waals surface area (Å²) in [6.07, 6.45) is 3.34. The van der Waals surface area contributed by atoms with E-state index in [2.05, 4.69) is 20.7 Å². The second-order valence-electron chi connectivity index (χ2n) is 6.02. The molecule has 0 radical (unpaired) electrons. The number of aryl methyl sites for hydroxylation is 1. The van der Waals surface area contributed by atoms with Gasteiger partial charge in [-0.25, -0.2) is 4.98 Å². The Balaban J connectivity index is 1.38. The number of nitrogens with one attached hydrogen (secondary N) is 2. The van der Waals surface area contributed by atoms with Crippen LogP contribution in [-0.2, 0) is 22.7 Å². The fourth-order valence-corrected chi connectivity index (χ4v) is 3.01. The normalized spacial score (nSPS) is 10.5. The van der Waals surface area contributed by atoms with E-state index >= 15 is 0 Å². The number of rotatable bonds is 9. The Morgan fingerprint density at radius 2 is 2.04 bits per heavy atom. The molecule has 2 aromatic heterocycles. The lowest BCUT2D eigenvalue weighted by Crippen LogP contribution is -2.27. The first kappa shape index (κ1) is 19.6. The summed E-state index contributed by atoms with van der Waals surface area (Å²) < 4.78 is 6.97. The highest BCUT2D eigenvalue weighted by Gasteiger charge is 2.08. The zero-order chi connectivity index (χ0) is 19.8. The van der Waals surface area contributed by atoms with Crippen molar-refractivity contribution in [2.24, 2.45) is 0 Å². The molecule has 1 aromatic carbocycles. The van der Waals surface area contributed by atoms with Gasteiger partial charge in [-0.05, 0) is 19.1 Å². The smallest absolute Gasteiger partial charge is 0.242 e. The van der Waals surface area contributed by atoms with Crippen LogP contribution >= 0.6 is 11.3 Å². The Labute approximate surface area is 166 Å². The van der Waals surface area contributed by atoms with Crippen molar-refractivity contribution < 1.29 is 14.3 Å². The van der Waals surface area contributed by atoms with Crippen LogP contribution in [0, 0.1) is 6.92 Å². The number of thiazole rings is 1. The summed E-state index contributed by atoms with van der Waals surface area (Å²) in [5.41, 5.74) is 1.37. The molecule has 0 spiro atoms. The topological polar surface area (TPSA) is 98.1 Å². The van der Waals surface area contributed by atoms with Crippen molar-refractivity contribution in [3.8, 4) is 5.75 Å². The first-order valence-electron chi connectivity index (χ1n) is 8.76. The van der Waals surface area contributed by atoms with Crippen molar-refractivity contribution in [1.82, 2.24) is 20.1 Å². The molecule has 3 aromatic rings. The molecule has 2 amide bonds. The second kappa shape index (κ2) is 9.65. The van der Waals surface area contributed by atoms with Crippen LogP contribution in [0.1, 0.15) is 17.1 Å². The average molecular weight is 399 g/mol. The van der Waals surface area contributed by atoms with Gasteiger partial charge in [-0.1, -0.05) is 18.2 Å². The Morgan fingerprint density at radius 1 is 1.21 bits per heavy atom. The maximum absolute atomic E-state index is 12.0. The van der Waals surface area contributed by atoms with Crippen molar-refractivity contribution in [1.29, 1.82) is 0 Å². The van der Waals surface area contributed by atoms with E-state index in [-0.39, 0.29) is 31.4 Å². The number of anilines is 1. The fourth-order valence-electron chi connectivity index (χ4n) is 2.40. The summed E-state index contributed by atoms with van der Waals surface area (Å²) in [7, 11) is 0. The van der Waals surface area contributed by atoms with Gasteiger partial charge in [0.25, 0.3) is 0 Å². The molecule has 0 aliphatic rings. The monoisotopic (exact) mass is 399 g/mol. The zero-order valence-electron chi connectivity index (χ0n) is 15.4. The SMILES string of the molecule is Cc1nc(CNC(=O)Cn2cc(NC(=O)CCOc3ccccc3)cn2)cs1. The maximum Gasteiger partial charge on any atom is 0.242 e. The van der Waals surface area contributed by atoms with Crippen molar-refractivity contribution in [2.75, 3.05) is 11.9 Å². The Kier molecular flexibility index (Phi) is 6.74. The third-order valence-corrected chi connectivity index (χ3v) is 4.52. The number of ether oxygens (including phenoxy) is 1. The minimum atomic E-state index is -0.182. The van der Waals surface area contributed by atoms with Crippen molar-refractivity contribution in [3.63, 3.8) is 0 Å². The lowest BCUT2D eigenvalue weighted by atomic mass is 10.3. The minimum absolute atomic E-state index is 0.0656. The highest BCUT2D eigenvalue weighted by molar-refractivity contribution is 7.09. The van der Waals surface area contributed by atoms with Crippen LogP contribution < -0.4 is 15.4 Å². The standard InChI is InChI=1S/C19H21N5O3S/c1-14-22-16(13-28-14)9-20-19(26)12-24-11-15(10-21-24)23-18(25)7-8-27-17-5-3-2-4-6-17/h2-6,10-11,13H,7-9,12H2,1H3,(H,20,26)(H,23,25). The van der Waals surface area contributed by atoms with E-state index in [9.17, 15) is 9.59 Å². The molecule has 0 unspecified atom stereocenters. The summed E-state index contributed by atoms with van der Waals surface area (Å²) >= 11 is 1.54. The molecule has 0 saturated heterocycles. The van der Waals surface area contributed by atoms with Crippen molar-refractivity contribution in [2.45, 2.75) is 26.4 Å². The Bertz CT molecular complexity index is 923. The van der Waals surface area contributed by atoms with Gasteiger partial charge in [-0.3, -0.25) is 14.3 Å². The number of hydrogen-bond acceptors (Lipinski definition) is 6. The van der Waals surface area contributed by atoms with Crippen LogP contribution in [-0.4, -0.2) is 33.2 Å². The lowest BCUT2D eigenvalue weighted by Gasteiger charge is -2.06. The number of benzene rings is 1.